The number of thiophene rings is 1. The van der Waals surface area contributed by atoms with Crippen LogP contribution >= 0.6 is 11.3 Å². The highest BCUT2D eigenvalue weighted by molar-refractivity contribution is 7.91. The highest BCUT2D eigenvalue weighted by atomic mass is 32.2. The lowest BCUT2D eigenvalue weighted by Gasteiger charge is -2.16. The normalized spacial score (nSPS) is 11.8. The lowest BCUT2D eigenvalue weighted by molar-refractivity contribution is -0.116. The largest absolute Gasteiger partial charge is 0.309 e. The number of likely N-dealkylation sites (N-methyl/N-ethyl adjacent to an activating group) is 1. The first kappa shape index (κ1) is 20.1. The number of nitrogens with zero attached hydrogens (tertiary/aromatic N) is 5. The monoisotopic (exact) mass is 420 g/mol. The average Bonchev–Trinajstić information content (AvgIpc) is 3.24. The summed E-state index contributed by atoms with van der Waals surface area (Å²) in [5, 5.41) is 8.70. The van der Waals surface area contributed by atoms with Crippen LogP contribution in [-0.2, 0) is 14.8 Å². The van der Waals surface area contributed by atoms with Crippen molar-refractivity contribution in [2.75, 3.05) is 18.9 Å². The minimum atomic E-state index is -3.71. The minimum absolute atomic E-state index is 0.187. The number of rotatable bonds is 6. The highest BCUT2D eigenvalue weighted by Crippen LogP contribution is 2.20. The average molecular weight is 421 g/mol. The molecule has 0 spiro atoms. The molecule has 3 rings (SSSR count). The zero-order valence-corrected chi connectivity index (χ0v) is 17.5. The van der Waals surface area contributed by atoms with E-state index in [0.717, 1.165) is 27.0 Å². The summed E-state index contributed by atoms with van der Waals surface area (Å²) >= 11 is 1.10. The van der Waals surface area contributed by atoms with Crippen molar-refractivity contribution in [2.45, 2.75) is 25.0 Å². The van der Waals surface area contributed by atoms with Crippen molar-refractivity contribution in [1.29, 1.82) is 0 Å². The Hall–Kier alpha value is -2.63. The number of aryl methyl sites for hydroxylation is 3. The minimum Gasteiger partial charge on any atom is -0.309 e. The van der Waals surface area contributed by atoms with E-state index in [-0.39, 0.29) is 10.8 Å². The number of aromatic nitrogens is 4. The molecule has 0 saturated heterocycles. The molecule has 3 aromatic rings. The van der Waals surface area contributed by atoms with Crippen LogP contribution in [0.5, 0.6) is 0 Å². The molecule has 148 valence electrons. The van der Waals surface area contributed by atoms with Gasteiger partial charge in [0.2, 0.25) is 5.91 Å². The Labute approximate surface area is 167 Å². The van der Waals surface area contributed by atoms with E-state index >= 15 is 0 Å². The summed E-state index contributed by atoms with van der Waals surface area (Å²) in [7, 11) is -2.34. The Morgan fingerprint density at radius 1 is 1.18 bits per heavy atom. The number of carbonyl (C=O) groups is 1. The van der Waals surface area contributed by atoms with Crippen LogP contribution in [-0.4, -0.2) is 52.0 Å². The summed E-state index contributed by atoms with van der Waals surface area (Å²) in [6.45, 7) is 5.13. The van der Waals surface area contributed by atoms with Crippen molar-refractivity contribution in [2.24, 2.45) is 0 Å². The first-order chi connectivity index (χ1) is 13.2. The van der Waals surface area contributed by atoms with E-state index < -0.39 is 15.9 Å². The Morgan fingerprint density at radius 2 is 1.86 bits per heavy atom. The third kappa shape index (κ3) is 4.26. The predicted molar refractivity (Wildman–Crippen MR) is 106 cm³/mol. The second kappa shape index (κ2) is 7.78. The fourth-order valence-electron chi connectivity index (χ4n) is 2.58. The van der Waals surface area contributed by atoms with Crippen LogP contribution in [0.25, 0.3) is 5.95 Å². The van der Waals surface area contributed by atoms with Gasteiger partial charge >= 0.3 is 0 Å². The Kier molecular flexibility index (Phi) is 5.59. The maximum atomic E-state index is 12.5. The third-order valence-corrected chi connectivity index (χ3v) is 6.96. The molecule has 3 aromatic heterocycles. The molecule has 0 aromatic carbocycles. The Bertz CT molecular complexity index is 1090. The molecule has 0 aliphatic carbocycles. The van der Waals surface area contributed by atoms with Gasteiger partial charge in [-0.05, 0) is 38.3 Å². The van der Waals surface area contributed by atoms with E-state index in [9.17, 15) is 13.2 Å². The maximum Gasteiger partial charge on any atom is 0.252 e. The molecule has 0 atom stereocenters. The molecule has 0 radical (unpaired) electrons. The first-order valence-corrected chi connectivity index (χ1v) is 10.7. The summed E-state index contributed by atoms with van der Waals surface area (Å²) in [6, 6.07) is 6.66. The topological polar surface area (TPSA) is 110 Å². The molecule has 0 fully saturated rings. The zero-order chi connectivity index (χ0) is 20.5. The number of amides is 1. The van der Waals surface area contributed by atoms with Crippen LogP contribution in [0, 0.1) is 20.8 Å². The van der Waals surface area contributed by atoms with Gasteiger partial charge in [-0.1, -0.05) is 6.07 Å². The maximum absolute atomic E-state index is 12.5. The lowest BCUT2D eigenvalue weighted by Crippen LogP contribution is -2.35. The number of sulfonamides is 1. The van der Waals surface area contributed by atoms with Crippen molar-refractivity contribution in [3.05, 3.63) is 46.7 Å². The SMILES string of the molecule is Cc1cc(C)nc(-n2nc(C)cc2NC(=O)CN(C)S(=O)(=O)c2cccs2)n1. The molecular formula is C17H20N6O3S2. The van der Waals surface area contributed by atoms with Crippen molar-refractivity contribution >= 4 is 33.1 Å². The molecule has 0 aliphatic heterocycles. The van der Waals surface area contributed by atoms with Gasteiger partial charge in [-0.3, -0.25) is 4.79 Å². The second-order valence-corrected chi connectivity index (χ2v) is 9.49. The Balaban J connectivity index is 1.80. The van der Waals surface area contributed by atoms with Crippen molar-refractivity contribution in [3.63, 3.8) is 0 Å². The summed E-state index contributed by atoms with van der Waals surface area (Å²) in [4.78, 5) is 21.2. The molecular weight excluding hydrogens is 400 g/mol. The van der Waals surface area contributed by atoms with E-state index in [1.54, 1.807) is 24.4 Å². The highest BCUT2D eigenvalue weighted by Gasteiger charge is 2.24. The molecule has 3 heterocycles. The number of hydrogen-bond acceptors (Lipinski definition) is 7. The molecule has 28 heavy (non-hydrogen) atoms. The molecule has 11 heteroatoms. The van der Waals surface area contributed by atoms with Gasteiger partial charge in [-0.2, -0.15) is 14.1 Å². The van der Waals surface area contributed by atoms with Crippen LogP contribution in [0.1, 0.15) is 17.1 Å². The number of nitrogens with one attached hydrogen (secondary N) is 1. The van der Waals surface area contributed by atoms with E-state index in [2.05, 4.69) is 20.4 Å². The molecule has 1 amide bonds. The van der Waals surface area contributed by atoms with Gasteiger partial charge in [0, 0.05) is 24.5 Å². The van der Waals surface area contributed by atoms with Crippen molar-refractivity contribution in [3.8, 4) is 5.95 Å². The second-order valence-electron chi connectivity index (χ2n) is 6.27. The quantitative estimate of drug-likeness (QED) is 0.652. The van der Waals surface area contributed by atoms with Crippen LogP contribution in [0.2, 0.25) is 0 Å². The van der Waals surface area contributed by atoms with Gasteiger partial charge in [0.05, 0.1) is 12.2 Å². The van der Waals surface area contributed by atoms with E-state index in [1.165, 1.54) is 17.8 Å². The summed E-state index contributed by atoms with van der Waals surface area (Å²) in [5.74, 6) is 0.211. The van der Waals surface area contributed by atoms with Gasteiger partial charge in [0.15, 0.2) is 0 Å². The van der Waals surface area contributed by atoms with Crippen molar-refractivity contribution < 1.29 is 13.2 Å². The molecule has 9 nitrogen and oxygen atoms in total. The fraction of sp³-hybridized carbons (Fsp3) is 0.294. The van der Waals surface area contributed by atoms with Gasteiger partial charge in [-0.15, -0.1) is 11.3 Å². The van der Waals surface area contributed by atoms with Crippen LogP contribution < -0.4 is 5.32 Å². The van der Waals surface area contributed by atoms with Gasteiger partial charge in [0.1, 0.15) is 10.0 Å². The molecule has 1 N–H and O–H groups in total. The van der Waals surface area contributed by atoms with Gasteiger partial charge in [-0.25, -0.2) is 18.4 Å². The van der Waals surface area contributed by atoms with Crippen molar-refractivity contribution in [1.82, 2.24) is 24.1 Å². The number of carbonyl (C=O) groups excluding carboxylic acids is 1. The summed E-state index contributed by atoms with van der Waals surface area (Å²) < 4.78 is 27.6. The lowest BCUT2D eigenvalue weighted by atomic mass is 10.4. The van der Waals surface area contributed by atoms with E-state index in [0.29, 0.717) is 17.5 Å². The predicted octanol–water partition coefficient (Wildman–Crippen LogP) is 1.91. The number of anilines is 1. The van der Waals surface area contributed by atoms with Gasteiger partial charge < -0.3 is 5.32 Å². The summed E-state index contributed by atoms with van der Waals surface area (Å²) in [5.41, 5.74) is 2.21. The van der Waals surface area contributed by atoms with E-state index in [4.69, 9.17) is 0 Å². The standard InChI is InChI=1S/C17H20N6O3S2/c1-11-8-12(2)19-17(18-11)23-14(9-13(3)21-23)20-15(24)10-22(4)28(25,26)16-6-5-7-27-16/h5-9H,10H2,1-4H3,(H,20,24). The Morgan fingerprint density at radius 3 is 2.46 bits per heavy atom. The van der Waals surface area contributed by atoms with Crippen LogP contribution in [0.3, 0.4) is 0 Å². The molecule has 0 aliphatic rings. The first-order valence-electron chi connectivity index (χ1n) is 8.36. The molecule has 0 bridgehead atoms. The third-order valence-electron chi connectivity index (χ3n) is 3.78. The fourth-order valence-corrected chi connectivity index (χ4v) is 4.90. The van der Waals surface area contributed by atoms with Crippen LogP contribution in [0.15, 0.2) is 33.9 Å². The van der Waals surface area contributed by atoms with E-state index in [1.807, 2.05) is 19.9 Å². The van der Waals surface area contributed by atoms with Gasteiger partial charge in [0.25, 0.3) is 16.0 Å². The summed E-state index contributed by atoms with van der Waals surface area (Å²) in [6.07, 6.45) is 0. The molecule has 0 unspecified atom stereocenters. The molecule has 0 saturated carbocycles. The zero-order valence-electron chi connectivity index (χ0n) is 15.9. The smallest absolute Gasteiger partial charge is 0.252 e. The van der Waals surface area contributed by atoms with Crippen LogP contribution in [0.4, 0.5) is 5.82 Å². The number of hydrogen-bond donors (Lipinski definition) is 1.